The lowest BCUT2D eigenvalue weighted by Crippen LogP contribution is -2.38. The first-order chi connectivity index (χ1) is 11.9. The van der Waals surface area contributed by atoms with Gasteiger partial charge in [0.25, 0.3) is 5.91 Å². The van der Waals surface area contributed by atoms with Gasteiger partial charge in [0.1, 0.15) is 5.82 Å². The van der Waals surface area contributed by atoms with Crippen molar-refractivity contribution in [3.8, 4) is 0 Å². The van der Waals surface area contributed by atoms with Crippen molar-refractivity contribution in [2.75, 3.05) is 0 Å². The Kier molecular flexibility index (Phi) is 8.38. The second kappa shape index (κ2) is 10.3. The highest BCUT2D eigenvalue weighted by atomic mass is 35.5. The molecule has 9 heteroatoms. The molecule has 1 atom stereocenters. The minimum atomic E-state index is -0.568. The smallest absolute Gasteiger partial charge is 0.251 e. The van der Waals surface area contributed by atoms with Crippen molar-refractivity contribution in [2.24, 2.45) is 26.4 Å². The summed E-state index contributed by atoms with van der Waals surface area (Å²) in [6.45, 7) is 5.36. The van der Waals surface area contributed by atoms with Crippen LogP contribution in [0.4, 0.5) is 0 Å². The molecule has 1 amide bonds. The molecule has 0 aliphatic rings. The largest absolute Gasteiger partial charge is 0.405 e. The lowest BCUT2D eigenvalue weighted by Gasteiger charge is -2.14. The zero-order chi connectivity index (χ0) is 18.8. The summed E-state index contributed by atoms with van der Waals surface area (Å²) in [4.78, 5) is 24.3. The van der Waals surface area contributed by atoms with E-state index in [1.165, 1.54) is 36.7 Å². The summed E-state index contributed by atoms with van der Waals surface area (Å²) in [7, 11) is 0. The van der Waals surface area contributed by atoms with Crippen molar-refractivity contribution in [3.63, 3.8) is 0 Å². The maximum atomic E-state index is 12.3. The summed E-state index contributed by atoms with van der Waals surface area (Å²) in [5, 5.41) is 3.44. The highest BCUT2D eigenvalue weighted by molar-refractivity contribution is 6.35. The zero-order valence-electron chi connectivity index (χ0n) is 13.5. The van der Waals surface area contributed by atoms with Crippen LogP contribution < -0.4 is 16.8 Å². The molecule has 25 heavy (non-hydrogen) atoms. The van der Waals surface area contributed by atoms with Gasteiger partial charge in [0.15, 0.2) is 5.84 Å². The average Bonchev–Trinajstić information content (AvgIpc) is 2.53. The Bertz CT molecular complexity index is 735. The van der Waals surface area contributed by atoms with Crippen LogP contribution in [-0.4, -0.2) is 30.3 Å². The van der Waals surface area contributed by atoms with Gasteiger partial charge in [-0.25, -0.2) is 15.0 Å². The number of aliphatic imine (C=N–C) groups is 3. The molecule has 0 spiro atoms. The van der Waals surface area contributed by atoms with Crippen LogP contribution in [0.5, 0.6) is 0 Å². The van der Waals surface area contributed by atoms with E-state index >= 15 is 0 Å². The Morgan fingerprint density at radius 2 is 1.88 bits per heavy atom. The third-order valence-corrected chi connectivity index (χ3v) is 3.17. The highest BCUT2D eigenvalue weighted by Crippen LogP contribution is 2.19. The van der Waals surface area contributed by atoms with Crippen molar-refractivity contribution >= 4 is 47.5 Å². The van der Waals surface area contributed by atoms with Crippen LogP contribution in [0.15, 0.2) is 57.9 Å². The first-order valence-electron chi connectivity index (χ1n) is 7.07. The molecule has 1 rings (SSSR count). The molecule has 5 N–H and O–H groups in total. The lowest BCUT2D eigenvalue weighted by atomic mass is 10.2. The van der Waals surface area contributed by atoms with Crippen LogP contribution in [0.1, 0.15) is 17.3 Å². The van der Waals surface area contributed by atoms with E-state index in [1.54, 1.807) is 6.92 Å². The van der Waals surface area contributed by atoms with Crippen LogP contribution in [0, 0.1) is 0 Å². The SMILES string of the molecule is C=C(N=C/C=C\N)N=C(N=CN)C(C)NC(=O)c1cc(Cl)cc(Cl)c1. The molecule has 0 aliphatic carbocycles. The number of carbonyl (C=O) groups excluding carboxylic acids is 1. The summed E-state index contributed by atoms with van der Waals surface area (Å²) < 4.78 is 0. The van der Waals surface area contributed by atoms with Gasteiger partial charge < -0.3 is 16.8 Å². The van der Waals surface area contributed by atoms with Crippen LogP contribution >= 0.6 is 23.2 Å². The van der Waals surface area contributed by atoms with Crippen molar-refractivity contribution in [1.82, 2.24) is 5.32 Å². The normalized spacial score (nSPS) is 13.6. The molecule has 0 bridgehead atoms. The van der Waals surface area contributed by atoms with Crippen molar-refractivity contribution in [3.05, 3.63) is 58.5 Å². The first-order valence-corrected chi connectivity index (χ1v) is 7.82. The second-order valence-electron chi connectivity index (χ2n) is 4.68. The molecule has 0 aliphatic heterocycles. The quantitative estimate of drug-likeness (QED) is 0.519. The van der Waals surface area contributed by atoms with E-state index in [4.69, 9.17) is 34.7 Å². The Morgan fingerprint density at radius 3 is 2.44 bits per heavy atom. The molecule has 0 radical (unpaired) electrons. The van der Waals surface area contributed by atoms with Crippen molar-refractivity contribution in [1.29, 1.82) is 0 Å². The van der Waals surface area contributed by atoms with Gasteiger partial charge in [-0.2, -0.15) is 0 Å². The van der Waals surface area contributed by atoms with Crippen molar-refractivity contribution in [2.45, 2.75) is 13.0 Å². The van der Waals surface area contributed by atoms with Gasteiger partial charge in [0.2, 0.25) is 0 Å². The van der Waals surface area contributed by atoms with Crippen molar-refractivity contribution < 1.29 is 4.79 Å². The van der Waals surface area contributed by atoms with Gasteiger partial charge in [-0.3, -0.25) is 4.79 Å². The standard InChI is InChI=1S/C16H18Cl2N6O/c1-10(15(22-9-20)24-11(2)21-5-3-4-19)23-16(25)12-6-13(17)8-14(18)7-12/h3-10H,2,19H2,1H3,(H,23,25)(H2,20,22,24)/b4-3-,21-5?. The molecule has 132 valence electrons. The van der Waals surface area contributed by atoms with E-state index in [1.807, 2.05) is 0 Å². The highest BCUT2D eigenvalue weighted by Gasteiger charge is 2.15. The van der Waals surface area contributed by atoms with Crippen LogP contribution in [0.2, 0.25) is 10.0 Å². The molecular weight excluding hydrogens is 363 g/mol. The summed E-state index contributed by atoms with van der Waals surface area (Å²) in [6, 6.07) is 3.97. The molecule has 7 nitrogen and oxygen atoms in total. The van der Waals surface area contributed by atoms with E-state index in [2.05, 4.69) is 26.9 Å². The predicted molar refractivity (Wildman–Crippen MR) is 104 cm³/mol. The number of nitrogens with two attached hydrogens (primary N) is 2. The summed E-state index contributed by atoms with van der Waals surface area (Å²) in [5.41, 5.74) is 10.8. The molecule has 0 aromatic heterocycles. The monoisotopic (exact) mass is 380 g/mol. The number of benzene rings is 1. The zero-order valence-corrected chi connectivity index (χ0v) is 15.0. The number of carbonyl (C=O) groups is 1. The van der Waals surface area contributed by atoms with Gasteiger partial charge in [-0.1, -0.05) is 29.8 Å². The average molecular weight is 381 g/mol. The number of amidine groups is 1. The second-order valence-corrected chi connectivity index (χ2v) is 5.55. The minimum Gasteiger partial charge on any atom is -0.405 e. The Labute approximate surface area is 155 Å². The topological polar surface area (TPSA) is 118 Å². The number of allylic oxidation sites excluding steroid dienone is 1. The number of amides is 1. The number of hydrogen-bond acceptors (Lipinski definition) is 4. The van der Waals surface area contributed by atoms with Gasteiger partial charge in [-0.15, -0.1) is 0 Å². The maximum absolute atomic E-state index is 12.3. The van der Waals surface area contributed by atoms with Gasteiger partial charge >= 0.3 is 0 Å². The summed E-state index contributed by atoms with van der Waals surface area (Å²) in [5.74, 6) is 0.00505. The number of halogens is 2. The van der Waals surface area contributed by atoms with Crippen LogP contribution in [0.3, 0.4) is 0 Å². The molecule has 1 aromatic rings. The third kappa shape index (κ3) is 7.19. The predicted octanol–water partition coefficient (Wildman–Crippen LogP) is 2.51. The molecule has 0 fully saturated rings. The summed E-state index contributed by atoms with van der Waals surface area (Å²) in [6.07, 6.45) is 5.32. The van der Waals surface area contributed by atoms with E-state index in [9.17, 15) is 4.79 Å². The van der Waals surface area contributed by atoms with E-state index < -0.39 is 11.9 Å². The number of nitrogens with one attached hydrogen (secondary N) is 1. The molecular formula is C16H18Cl2N6O. The molecule has 1 unspecified atom stereocenters. The van der Waals surface area contributed by atoms with Crippen LogP contribution in [-0.2, 0) is 0 Å². The molecule has 0 saturated heterocycles. The third-order valence-electron chi connectivity index (χ3n) is 2.73. The minimum absolute atomic E-state index is 0.172. The molecule has 0 saturated carbocycles. The molecule has 1 aromatic carbocycles. The van der Waals surface area contributed by atoms with E-state index in [-0.39, 0.29) is 11.7 Å². The first kappa shape index (κ1) is 20.4. The van der Waals surface area contributed by atoms with Gasteiger partial charge in [0, 0.05) is 21.8 Å². The fourth-order valence-corrected chi connectivity index (χ4v) is 2.21. The fourth-order valence-electron chi connectivity index (χ4n) is 1.68. The summed E-state index contributed by atoms with van der Waals surface area (Å²) >= 11 is 11.8. The Balaban J connectivity index is 2.93. The Morgan fingerprint density at radius 1 is 1.24 bits per heavy atom. The Hall–Kier alpha value is -2.64. The van der Waals surface area contributed by atoms with Gasteiger partial charge in [0.05, 0.1) is 12.4 Å². The van der Waals surface area contributed by atoms with E-state index in [0.29, 0.717) is 15.6 Å². The van der Waals surface area contributed by atoms with E-state index in [0.717, 1.165) is 6.34 Å². The number of rotatable bonds is 6. The number of hydrogen-bond donors (Lipinski definition) is 3. The maximum Gasteiger partial charge on any atom is 0.251 e. The molecule has 0 heterocycles. The lowest BCUT2D eigenvalue weighted by molar-refractivity contribution is 0.0949. The fraction of sp³-hybridized carbons (Fsp3) is 0.125. The van der Waals surface area contributed by atoms with Gasteiger partial charge in [-0.05, 0) is 37.4 Å². The number of nitrogens with zero attached hydrogens (tertiary/aromatic N) is 3. The van der Waals surface area contributed by atoms with Crippen LogP contribution in [0.25, 0.3) is 0 Å².